The molecule has 0 aliphatic carbocycles. The Hall–Kier alpha value is -3.15. The lowest BCUT2D eigenvalue weighted by atomic mass is 9.93. The summed E-state index contributed by atoms with van der Waals surface area (Å²) in [5, 5.41) is 19.7. The Morgan fingerprint density at radius 2 is 1.93 bits per heavy atom. The maximum Gasteiger partial charge on any atom is 0.174 e. The van der Waals surface area contributed by atoms with Crippen molar-refractivity contribution in [3.63, 3.8) is 0 Å². The van der Waals surface area contributed by atoms with Gasteiger partial charge in [0.05, 0.1) is 20.6 Å². The molecule has 0 saturated heterocycles. The maximum atomic E-state index is 12.6. The zero-order valence-corrected chi connectivity index (χ0v) is 16.4. The standard InChI is InChI=1S/C22H24O6/c1-12(2)5-6-13-7-14(8-20(26-3)22(13)27-4)18-11-17(25)21-16(24)9-15(23)10-19(21)28-18/h5,7-10,18,23-24H,6,11H2,1-4H3. The van der Waals surface area contributed by atoms with Gasteiger partial charge in [-0.25, -0.2) is 0 Å². The summed E-state index contributed by atoms with van der Waals surface area (Å²) in [6.45, 7) is 4.04. The zero-order valence-electron chi connectivity index (χ0n) is 16.4. The van der Waals surface area contributed by atoms with Crippen molar-refractivity contribution in [3.05, 3.63) is 52.6 Å². The van der Waals surface area contributed by atoms with Gasteiger partial charge in [0.1, 0.15) is 28.9 Å². The Bertz CT molecular complexity index is 941. The average Bonchev–Trinajstić information content (AvgIpc) is 2.64. The SMILES string of the molecule is COc1cc(C2CC(=O)c3c(O)cc(O)cc3O2)cc(CC=C(C)C)c1OC. The lowest BCUT2D eigenvalue weighted by Gasteiger charge is -2.27. The molecule has 2 aromatic carbocycles. The number of hydrogen-bond acceptors (Lipinski definition) is 6. The fraction of sp³-hybridized carbons (Fsp3) is 0.318. The fourth-order valence-corrected chi connectivity index (χ4v) is 3.33. The number of carbonyl (C=O) groups excluding carboxylic acids is 1. The summed E-state index contributed by atoms with van der Waals surface area (Å²) >= 11 is 0. The monoisotopic (exact) mass is 384 g/mol. The van der Waals surface area contributed by atoms with Crippen LogP contribution in [0.2, 0.25) is 0 Å². The number of carbonyl (C=O) groups is 1. The third-order valence-electron chi connectivity index (χ3n) is 4.67. The lowest BCUT2D eigenvalue weighted by molar-refractivity contribution is 0.0844. The molecule has 0 spiro atoms. The minimum Gasteiger partial charge on any atom is -0.508 e. The Kier molecular flexibility index (Phi) is 5.49. The number of phenolic OH excluding ortho intramolecular Hbond substituents is 2. The van der Waals surface area contributed by atoms with Crippen LogP contribution in [0, 0.1) is 0 Å². The summed E-state index contributed by atoms with van der Waals surface area (Å²) in [4.78, 5) is 12.6. The average molecular weight is 384 g/mol. The predicted octanol–water partition coefficient (Wildman–Crippen LogP) is 4.33. The minimum absolute atomic E-state index is 0.0723. The van der Waals surface area contributed by atoms with Crippen LogP contribution in [0.4, 0.5) is 0 Å². The topological polar surface area (TPSA) is 85.2 Å². The van der Waals surface area contributed by atoms with Crippen LogP contribution < -0.4 is 14.2 Å². The van der Waals surface area contributed by atoms with E-state index in [1.165, 1.54) is 11.6 Å². The van der Waals surface area contributed by atoms with Gasteiger partial charge in [-0.2, -0.15) is 0 Å². The molecule has 28 heavy (non-hydrogen) atoms. The third kappa shape index (κ3) is 3.76. The Balaban J connectivity index is 2.04. The molecule has 1 aliphatic heterocycles. The summed E-state index contributed by atoms with van der Waals surface area (Å²) in [5.41, 5.74) is 2.95. The molecule has 0 aromatic heterocycles. The van der Waals surface area contributed by atoms with Gasteiger partial charge in [-0.1, -0.05) is 11.6 Å². The molecule has 2 N–H and O–H groups in total. The molecular formula is C22H24O6. The van der Waals surface area contributed by atoms with E-state index in [-0.39, 0.29) is 35.0 Å². The number of ketones is 1. The predicted molar refractivity (Wildman–Crippen MR) is 105 cm³/mol. The van der Waals surface area contributed by atoms with Crippen molar-refractivity contribution in [2.75, 3.05) is 14.2 Å². The number of hydrogen-bond donors (Lipinski definition) is 2. The van der Waals surface area contributed by atoms with Crippen molar-refractivity contribution in [1.82, 2.24) is 0 Å². The first-order valence-electron chi connectivity index (χ1n) is 8.98. The summed E-state index contributed by atoms with van der Waals surface area (Å²) in [5.74, 6) is 0.666. The highest BCUT2D eigenvalue weighted by atomic mass is 16.5. The quantitative estimate of drug-likeness (QED) is 0.747. The van der Waals surface area contributed by atoms with Crippen LogP contribution in [0.1, 0.15) is 47.9 Å². The molecule has 0 bridgehead atoms. The minimum atomic E-state index is -0.563. The molecule has 2 aromatic rings. The van der Waals surface area contributed by atoms with E-state index in [4.69, 9.17) is 14.2 Å². The van der Waals surface area contributed by atoms with Crippen molar-refractivity contribution in [2.24, 2.45) is 0 Å². The van der Waals surface area contributed by atoms with Gasteiger partial charge >= 0.3 is 0 Å². The summed E-state index contributed by atoms with van der Waals surface area (Å²) < 4.78 is 17.0. The molecule has 0 radical (unpaired) electrons. The summed E-state index contributed by atoms with van der Waals surface area (Å²) in [7, 11) is 3.15. The number of benzene rings is 2. The second-order valence-corrected chi connectivity index (χ2v) is 6.97. The molecule has 0 fully saturated rings. The highest BCUT2D eigenvalue weighted by Crippen LogP contribution is 2.43. The first-order valence-corrected chi connectivity index (χ1v) is 8.98. The summed E-state index contributed by atoms with van der Waals surface area (Å²) in [6.07, 6.45) is 2.24. The molecule has 1 aliphatic rings. The van der Waals surface area contributed by atoms with Crippen LogP contribution in [-0.4, -0.2) is 30.2 Å². The largest absolute Gasteiger partial charge is 0.508 e. The highest BCUT2D eigenvalue weighted by Gasteiger charge is 2.31. The van der Waals surface area contributed by atoms with Crippen molar-refractivity contribution >= 4 is 5.78 Å². The van der Waals surface area contributed by atoms with Gasteiger partial charge in [0, 0.05) is 17.7 Å². The van der Waals surface area contributed by atoms with E-state index in [9.17, 15) is 15.0 Å². The van der Waals surface area contributed by atoms with E-state index >= 15 is 0 Å². The molecule has 1 atom stereocenters. The lowest BCUT2D eigenvalue weighted by Crippen LogP contribution is -2.20. The second-order valence-electron chi connectivity index (χ2n) is 6.97. The van der Waals surface area contributed by atoms with Crippen LogP contribution in [0.3, 0.4) is 0 Å². The van der Waals surface area contributed by atoms with Crippen LogP contribution >= 0.6 is 0 Å². The molecular weight excluding hydrogens is 360 g/mol. The van der Waals surface area contributed by atoms with E-state index in [1.807, 2.05) is 19.9 Å². The Labute approximate surface area is 164 Å². The number of phenols is 2. The number of ether oxygens (including phenoxy) is 3. The van der Waals surface area contributed by atoms with Gasteiger partial charge in [-0.15, -0.1) is 0 Å². The molecule has 1 heterocycles. The van der Waals surface area contributed by atoms with E-state index in [0.29, 0.717) is 17.9 Å². The number of fused-ring (bicyclic) bond motifs is 1. The van der Waals surface area contributed by atoms with Crippen LogP contribution in [0.5, 0.6) is 28.7 Å². The van der Waals surface area contributed by atoms with Gasteiger partial charge < -0.3 is 24.4 Å². The first kappa shape index (κ1) is 19.6. The van der Waals surface area contributed by atoms with E-state index in [0.717, 1.165) is 17.2 Å². The van der Waals surface area contributed by atoms with Crippen molar-refractivity contribution in [1.29, 1.82) is 0 Å². The molecule has 148 valence electrons. The van der Waals surface area contributed by atoms with Crippen LogP contribution in [-0.2, 0) is 6.42 Å². The fourth-order valence-electron chi connectivity index (χ4n) is 3.33. The molecule has 6 nitrogen and oxygen atoms in total. The van der Waals surface area contributed by atoms with E-state index in [1.54, 1.807) is 20.3 Å². The molecule has 1 unspecified atom stereocenters. The van der Waals surface area contributed by atoms with Crippen LogP contribution in [0.15, 0.2) is 35.9 Å². The van der Waals surface area contributed by atoms with E-state index < -0.39 is 6.10 Å². The van der Waals surface area contributed by atoms with Gasteiger partial charge in [0.2, 0.25) is 0 Å². The first-order chi connectivity index (χ1) is 13.3. The Morgan fingerprint density at radius 1 is 1.18 bits per heavy atom. The van der Waals surface area contributed by atoms with Gasteiger partial charge in [-0.3, -0.25) is 4.79 Å². The van der Waals surface area contributed by atoms with Gasteiger partial charge in [0.25, 0.3) is 0 Å². The number of Topliss-reactive ketones (excluding diaryl/α,β-unsaturated/α-hetero) is 1. The molecule has 0 amide bonds. The second kappa shape index (κ2) is 7.84. The van der Waals surface area contributed by atoms with E-state index in [2.05, 4.69) is 6.08 Å². The smallest absolute Gasteiger partial charge is 0.174 e. The van der Waals surface area contributed by atoms with Gasteiger partial charge in [0.15, 0.2) is 17.3 Å². The third-order valence-corrected chi connectivity index (χ3v) is 4.67. The molecule has 0 saturated carbocycles. The zero-order chi connectivity index (χ0) is 20.4. The number of allylic oxidation sites excluding steroid dienone is 2. The number of methoxy groups -OCH3 is 2. The van der Waals surface area contributed by atoms with Crippen molar-refractivity contribution < 1.29 is 29.2 Å². The molecule has 6 heteroatoms. The maximum absolute atomic E-state index is 12.6. The van der Waals surface area contributed by atoms with Gasteiger partial charge in [-0.05, 0) is 38.0 Å². The number of rotatable bonds is 5. The van der Waals surface area contributed by atoms with Crippen molar-refractivity contribution in [3.8, 4) is 28.7 Å². The van der Waals surface area contributed by atoms with Crippen LogP contribution in [0.25, 0.3) is 0 Å². The van der Waals surface area contributed by atoms with Crippen molar-refractivity contribution in [2.45, 2.75) is 32.8 Å². The normalized spacial score (nSPS) is 15.4. The Morgan fingerprint density at radius 3 is 2.57 bits per heavy atom. The number of aromatic hydroxyl groups is 2. The molecule has 3 rings (SSSR count). The summed E-state index contributed by atoms with van der Waals surface area (Å²) in [6, 6.07) is 6.20. The highest BCUT2D eigenvalue weighted by molar-refractivity contribution is 6.02.